The fourth-order valence-electron chi connectivity index (χ4n) is 12.7. The minimum absolute atomic E-state index is 0.00269. The van der Waals surface area contributed by atoms with Gasteiger partial charge in [0, 0.05) is 91.0 Å². The Labute approximate surface area is 760 Å². The van der Waals surface area contributed by atoms with Crippen molar-refractivity contribution in [3.05, 3.63) is 35.9 Å². The number of aliphatic hydroxyl groups is 6. The number of unbranched alkanes of at least 4 members (excludes halogenated alkanes) is 7. The molecule has 0 spiro atoms. The summed E-state index contributed by atoms with van der Waals surface area (Å²) in [5.74, 6) is -4.40. The Morgan fingerprint density at radius 3 is 0.985 bits per heavy atom. The molecule has 0 aliphatic carbocycles. The summed E-state index contributed by atoms with van der Waals surface area (Å²) in [5.41, 5.74) is 17.0. The summed E-state index contributed by atoms with van der Waals surface area (Å²) >= 11 is 0. The summed E-state index contributed by atoms with van der Waals surface area (Å²) in [6.45, 7) is 12.3. The van der Waals surface area contributed by atoms with Gasteiger partial charge in [0.2, 0.25) is 29.5 Å². The molecule has 1 aromatic rings. The van der Waals surface area contributed by atoms with Gasteiger partial charge in [-0.1, -0.05) is 89.6 Å². The molecule has 130 heavy (non-hydrogen) atoms. The number of hydrogen-bond donors (Lipinski definition) is 15. The standard InChI is InChI=1S/C85H149N9O36/c1-58(95)122-52-62-73(103)76(106)70(86)79(128-62)119-48-45-113-42-39-110-34-26-89-66(99)23-31-116-55-85(56-117-32-24-67(100)90-27-35-111-40-43-114-46-49-120-80-71(87)77(107)74(104)63(129-80)53-123-59(2)96,57-118-33-25-68(101)91-28-36-112-41-44-115-47-50-121-81-72(88)78(108)75(105)64(130-81)54-124-60(3)97)94-69(102)22-18-13-11-9-8-10-12-17-21-65(98)92-29-37-126-84(7,83(4,5)6)127-38-30-93-82(109)125-51-61-19-15-14-16-20-61/h14-16,19-20,62-64,70-81,103-108H,8-13,17-18,21-57,86-88H2,1-7H3,(H,89,99)(H,90,100)(H,91,101)(H,92,98)(H,93,109)(H,94,102). The fourth-order valence-corrected chi connectivity index (χ4v) is 12.7. The Bertz CT molecular complexity index is 3060. The first kappa shape index (κ1) is 116. The van der Waals surface area contributed by atoms with E-state index in [1.807, 2.05) is 58.0 Å². The summed E-state index contributed by atoms with van der Waals surface area (Å²) < 4.78 is 118. The zero-order chi connectivity index (χ0) is 95.4. The van der Waals surface area contributed by atoms with Crippen LogP contribution in [0, 0.1) is 5.41 Å². The third-order valence-electron chi connectivity index (χ3n) is 20.6. The van der Waals surface area contributed by atoms with Crippen molar-refractivity contribution in [2.45, 2.75) is 242 Å². The molecule has 4 rings (SSSR count). The highest BCUT2D eigenvalue weighted by Crippen LogP contribution is 2.35. The normalized spacial score (nSPS) is 23.1. The molecule has 0 aromatic heterocycles. The number of benzene rings is 1. The third kappa shape index (κ3) is 50.0. The number of carbonyl (C=O) groups excluding carboxylic acids is 9. The molecule has 45 nitrogen and oxygen atoms in total. The van der Waals surface area contributed by atoms with Gasteiger partial charge in [0.25, 0.3) is 0 Å². The zero-order valence-electron chi connectivity index (χ0n) is 76.5. The van der Waals surface area contributed by atoms with E-state index in [2.05, 4.69) is 31.9 Å². The first-order valence-electron chi connectivity index (χ1n) is 44.6. The van der Waals surface area contributed by atoms with E-state index in [-0.39, 0.29) is 266 Å². The van der Waals surface area contributed by atoms with Crippen molar-refractivity contribution in [2.75, 3.05) is 205 Å². The highest BCUT2D eigenvalue weighted by molar-refractivity contribution is 5.78. The number of esters is 3. The van der Waals surface area contributed by atoms with Crippen molar-refractivity contribution in [3.63, 3.8) is 0 Å². The Morgan fingerprint density at radius 2 is 0.646 bits per heavy atom. The van der Waals surface area contributed by atoms with Crippen LogP contribution in [0.3, 0.4) is 0 Å². The Morgan fingerprint density at radius 1 is 0.346 bits per heavy atom. The molecule has 16 atom stereocenters. The molecule has 750 valence electrons. The van der Waals surface area contributed by atoms with Gasteiger partial charge in [-0.05, 0) is 25.3 Å². The van der Waals surface area contributed by atoms with Gasteiger partial charge in [0.15, 0.2) is 24.7 Å². The van der Waals surface area contributed by atoms with Crippen LogP contribution in [0.2, 0.25) is 0 Å². The molecule has 3 heterocycles. The number of amides is 6. The van der Waals surface area contributed by atoms with Crippen LogP contribution in [0.1, 0.15) is 138 Å². The van der Waals surface area contributed by atoms with Crippen molar-refractivity contribution < 1.29 is 173 Å². The number of alkyl carbamates (subject to hydrolysis) is 1. The van der Waals surface area contributed by atoms with Crippen molar-refractivity contribution >= 4 is 53.5 Å². The number of carbonyl (C=O) groups is 9. The second kappa shape index (κ2) is 67.4. The number of aliphatic hydroxyl groups excluding tert-OH is 6. The van der Waals surface area contributed by atoms with Gasteiger partial charge in [0.1, 0.15) is 86.9 Å². The quantitative estimate of drug-likeness (QED) is 0.0137. The molecule has 1 aromatic carbocycles. The number of ether oxygens (including phenoxy) is 21. The summed E-state index contributed by atoms with van der Waals surface area (Å²) in [4.78, 5) is 112. The molecule has 18 N–H and O–H groups in total. The van der Waals surface area contributed by atoms with Gasteiger partial charge in [-0.25, -0.2) is 4.79 Å². The Hall–Kier alpha value is -6.79. The van der Waals surface area contributed by atoms with Crippen LogP contribution < -0.4 is 49.1 Å². The molecular formula is C85H149N9O36. The predicted octanol–water partition coefficient (Wildman–Crippen LogP) is -2.69. The molecule has 3 aliphatic rings. The molecule has 3 saturated heterocycles. The molecule has 6 amide bonds. The van der Waals surface area contributed by atoms with Crippen molar-refractivity contribution in [1.29, 1.82) is 0 Å². The lowest BCUT2D eigenvalue weighted by molar-refractivity contribution is -0.276. The van der Waals surface area contributed by atoms with Gasteiger partial charge in [-0.2, -0.15) is 0 Å². The van der Waals surface area contributed by atoms with Crippen LogP contribution >= 0.6 is 0 Å². The molecule has 0 bridgehead atoms. The average molecular weight is 1870 g/mol. The van der Waals surface area contributed by atoms with Crippen molar-refractivity contribution in [1.82, 2.24) is 31.9 Å². The molecule has 0 radical (unpaired) electrons. The minimum Gasteiger partial charge on any atom is -0.463 e. The van der Waals surface area contributed by atoms with Crippen molar-refractivity contribution in [3.8, 4) is 0 Å². The second-order valence-corrected chi connectivity index (χ2v) is 32.3. The van der Waals surface area contributed by atoms with Crippen LogP contribution in [0.15, 0.2) is 30.3 Å². The number of hydrogen-bond acceptors (Lipinski definition) is 39. The monoisotopic (exact) mass is 1870 g/mol. The predicted molar refractivity (Wildman–Crippen MR) is 458 cm³/mol. The van der Waals surface area contributed by atoms with E-state index < -0.39 is 133 Å². The Kier molecular flexibility index (Phi) is 59.9. The van der Waals surface area contributed by atoms with Gasteiger partial charge < -0.3 is 179 Å². The SMILES string of the molecule is CC(=O)OCC1OC(OCCOCCOCCNC(=O)CCOCC(COCCC(=O)NCCOCCOCCOC2OC(COC(C)=O)C(O)C(O)C2N)(COCCC(=O)NCCOCCOCCOC2OC(COC(C)=O)C(O)C(O)C2N)NC(=O)CCCCCCCCCCC(=O)NCCOC(C)(OCCNC(=O)OCc2ccccc2)C(C)(C)C)C(N)C(O)C1O. The summed E-state index contributed by atoms with van der Waals surface area (Å²) in [7, 11) is 0. The molecule has 16 unspecified atom stereocenters. The maximum Gasteiger partial charge on any atom is 0.407 e. The summed E-state index contributed by atoms with van der Waals surface area (Å²) in [5, 5.41) is 79.1. The van der Waals surface area contributed by atoms with E-state index in [1.165, 1.54) is 20.8 Å². The zero-order valence-corrected chi connectivity index (χ0v) is 76.5. The van der Waals surface area contributed by atoms with E-state index in [0.29, 0.717) is 19.3 Å². The maximum absolute atomic E-state index is 14.1. The average Bonchev–Trinajstić information content (AvgIpc) is 0.815. The van der Waals surface area contributed by atoms with Crippen LogP contribution in [0.5, 0.6) is 0 Å². The number of nitrogens with two attached hydrogens (primary N) is 3. The third-order valence-corrected chi connectivity index (χ3v) is 20.6. The summed E-state index contributed by atoms with van der Waals surface area (Å²) in [6, 6.07) is 6.08. The highest BCUT2D eigenvalue weighted by Gasteiger charge is 2.47. The van der Waals surface area contributed by atoms with Crippen LogP contribution in [0.4, 0.5) is 4.79 Å². The lowest BCUT2D eigenvalue weighted by Crippen LogP contribution is -2.62. The van der Waals surface area contributed by atoms with Crippen LogP contribution in [0.25, 0.3) is 0 Å². The van der Waals surface area contributed by atoms with Gasteiger partial charge in [-0.3, -0.25) is 38.4 Å². The maximum atomic E-state index is 14.1. The second-order valence-electron chi connectivity index (χ2n) is 32.3. The van der Waals surface area contributed by atoms with E-state index in [4.69, 9.17) is 117 Å². The number of rotatable bonds is 73. The number of nitrogens with one attached hydrogen (secondary N) is 6. The van der Waals surface area contributed by atoms with E-state index in [1.54, 1.807) is 0 Å². The lowest BCUT2D eigenvalue weighted by atomic mass is 9.86. The van der Waals surface area contributed by atoms with E-state index in [0.717, 1.165) is 44.1 Å². The molecular weight excluding hydrogens is 1720 g/mol. The highest BCUT2D eigenvalue weighted by atomic mass is 16.7. The van der Waals surface area contributed by atoms with Crippen LogP contribution in [-0.2, 0) is 144 Å². The largest absolute Gasteiger partial charge is 0.463 e. The van der Waals surface area contributed by atoms with Crippen LogP contribution in [-0.4, -0.2) is 392 Å². The molecule has 3 fully saturated rings. The topological polar surface area (TPSA) is 619 Å². The van der Waals surface area contributed by atoms with Gasteiger partial charge in [0.05, 0.1) is 170 Å². The first-order chi connectivity index (χ1) is 62.2. The molecule has 0 saturated carbocycles. The molecule has 3 aliphatic heterocycles. The van der Waals surface area contributed by atoms with Crippen molar-refractivity contribution in [2.24, 2.45) is 22.6 Å². The minimum atomic E-state index is -1.42. The fraction of sp³-hybridized carbons (Fsp3) is 0.824. The van der Waals surface area contributed by atoms with Gasteiger partial charge in [-0.15, -0.1) is 0 Å². The summed E-state index contributed by atoms with van der Waals surface area (Å²) in [6.07, 6.45) is -8.99. The van der Waals surface area contributed by atoms with E-state index in [9.17, 15) is 73.8 Å². The smallest absolute Gasteiger partial charge is 0.407 e. The first-order valence-corrected chi connectivity index (χ1v) is 44.6. The molecule has 45 heteroatoms. The van der Waals surface area contributed by atoms with E-state index >= 15 is 0 Å². The lowest BCUT2D eigenvalue weighted by Gasteiger charge is -2.41. The Balaban J connectivity index is 1.27. The van der Waals surface area contributed by atoms with Gasteiger partial charge >= 0.3 is 24.0 Å².